The summed E-state index contributed by atoms with van der Waals surface area (Å²) in [6.45, 7) is 0.0122. The number of methoxy groups -OCH3 is 1. The Bertz CT molecular complexity index is 510. The lowest BCUT2D eigenvalue weighted by Crippen LogP contribution is -2.19. The van der Waals surface area contributed by atoms with Crippen LogP contribution in [0.2, 0.25) is 0 Å². The summed E-state index contributed by atoms with van der Waals surface area (Å²) in [5.41, 5.74) is 1.36. The Kier molecular flexibility index (Phi) is 6.40. The Morgan fingerprint density at radius 3 is 2.36 bits per heavy atom. The van der Waals surface area contributed by atoms with Crippen LogP contribution in [0, 0.1) is 5.92 Å². The van der Waals surface area contributed by atoms with Crippen molar-refractivity contribution >= 4 is 23.2 Å². The summed E-state index contributed by atoms with van der Waals surface area (Å²) in [5.74, 6) is 0.346. The zero-order valence-corrected chi connectivity index (χ0v) is 13.1. The van der Waals surface area contributed by atoms with Crippen LogP contribution in [0.5, 0.6) is 0 Å². The molecule has 5 heteroatoms. The van der Waals surface area contributed by atoms with E-state index in [4.69, 9.17) is 4.74 Å². The summed E-state index contributed by atoms with van der Waals surface area (Å²) in [6, 6.07) is 7.17. The molecule has 0 unspecified atom stereocenters. The molecule has 0 aromatic heterocycles. The first-order chi connectivity index (χ1) is 10.7. The monoisotopic (exact) mass is 304 g/mol. The zero-order valence-electron chi connectivity index (χ0n) is 13.1. The molecule has 0 atom stereocenters. The zero-order chi connectivity index (χ0) is 15.8. The van der Waals surface area contributed by atoms with E-state index in [1.165, 1.54) is 26.4 Å². The van der Waals surface area contributed by atoms with Gasteiger partial charge in [-0.1, -0.05) is 25.3 Å². The fourth-order valence-electron chi connectivity index (χ4n) is 2.87. The summed E-state index contributed by atoms with van der Waals surface area (Å²) in [4.78, 5) is 23.6. The molecule has 1 saturated carbocycles. The first-order valence-corrected chi connectivity index (χ1v) is 7.86. The number of benzene rings is 1. The average molecular weight is 304 g/mol. The number of nitrogens with one attached hydrogen (secondary N) is 2. The molecule has 2 N–H and O–H groups in total. The van der Waals surface area contributed by atoms with Gasteiger partial charge in [0.1, 0.15) is 6.61 Å². The summed E-state index contributed by atoms with van der Waals surface area (Å²) in [5, 5.41) is 5.64. The number of carbonyl (C=O) groups excluding carboxylic acids is 2. The number of rotatable bonds is 6. The van der Waals surface area contributed by atoms with Gasteiger partial charge in [-0.15, -0.1) is 0 Å². The van der Waals surface area contributed by atoms with Crippen molar-refractivity contribution in [3.05, 3.63) is 24.3 Å². The molecule has 1 aliphatic rings. The smallest absolute Gasteiger partial charge is 0.250 e. The quantitative estimate of drug-likeness (QED) is 0.848. The summed E-state index contributed by atoms with van der Waals surface area (Å²) in [7, 11) is 1.47. The second-order valence-electron chi connectivity index (χ2n) is 5.82. The number of anilines is 2. The molecule has 5 nitrogen and oxygen atoms in total. The topological polar surface area (TPSA) is 67.4 Å². The SMILES string of the molecule is COCC(=O)Nc1cccc(NC(=O)CC2CCCCC2)c1. The second kappa shape index (κ2) is 8.54. The van der Waals surface area contributed by atoms with Gasteiger partial charge in [0, 0.05) is 24.9 Å². The standard InChI is InChI=1S/C17H24N2O3/c1-22-12-17(21)19-15-9-5-8-14(11-15)18-16(20)10-13-6-3-2-4-7-13/h5,8-9,11,13H,2-4,6-7,10,12H2,1H3,(H,18,20)(H,19,21). The van der Waals surface area contributed by atoms with E-state index in [1.54, 1.807) is 18.2 Å². The third-order valence-corrected chi connectivity index (χ3v) is 3.90. The van der Waals surface area contributed by atoms with Crippen LogP contribution in [-0.2, 0) is 14.3 Å². The summed E-state index contributed by atoms with van der Waals surface area (Å²) < 4.78 is 4.77. The van der Waals surface area contributed by atoms with E-state index in [1.807, 2.05) is 6.07 Å². The molecule has 22 heavy (non-hydrogen) atoms. The minimum absolute atomic E-state index is 0.0122. The van der Waals surface area contributed by atoms with Gasteiger partial charge in [-0.3, -0.25) is 9.59 Å². The van der Waals surface area contributed by atoms with Crippen LogP contribution in [0.1, 0.15) is 38.5 Å². The minimum atomic E-state index is -0.215. The first kappa shape index (κ1) is 16.5. The van der Waals surface area contributed by atoms with Gasteiger partial charge >= 0.3 is 0 Å². The van der Waals surface area contributed by atoms with E-state index < -0.39 is 0 Å². The van der Waals surface area contributed by atoms with Gasteiger partial charge in [-0.2, -0.15) is 0 Å². The molecule has 1 aliphatic carbocycles. The van der Waals surface area contributed by atoms with E-state index in [0.29, 0.717) is 23.7 Å². The van der Waals surface area contributed by atoms with Crippen LogP contribution < -0.4 is 10.6 Å². The molecule has 2 amide bonds. The summed E-state index contributed by atoms with van der Waals surface area (Å²) in [6.07, 6.45) is 6.65. The Morgan fingerprint density at radius 2 is 1.73 bits per heavy atom. The molecule has 1 fully saturated rings. The van der Waals surface area contributed by atoms with Gasteiger partial charge in [0.05, 0.1) is 0 Å². The molecule has 1 aromatic carbocycles. The maximum atomic E-state index is 12.1. The van der Waals surface area contributed by atoms with Gasteiger partial charge in [-0.25, -0.2) is 0 Å². The Hall–Kier alpha value is -1.88. The van der Waals surface area contributed by atoms with E-state index in [0.717, 1.165) is 12.8 Å². The number of hydrogen-bond donors (Lipinski definition) is 2. The van der Waals surface area contributed by atoms with Crippen molar-refractivity contribution < 1.29 is 14.3 Å². The van der Waals surface area contributed by atoms with Gasteiger partial charge in [0.25, 0.3) is 0 Å². The van der Waals surface area contributed by atoms with Gasteiger partial charge in [0.15, 0.2) is 0 Å². The highest BCUT2D eigenvalue weighted by molar-refractivity contribution is 5.94. The van der Waals surface area contributed by atoms with Crippen LogP contribution in [-0.4, -0.2) is 25.5 Å². The minimum Gasteiger partial charge on any atom is -0.375 e. The lowest BCUT2D eigenvalue weighted by Gasteiger charge is -2.20. The highest BCUT2D eigenvalue weighted by atomic mass is 16.5. The molecule has 0 aliphatic heterocycles. The highest BCUT2D eigenvalue weighted by Crippen LogP contribution is 2.26. The highest BCUT2D eigenvalue weighted by Gasteiger charge is 2.17. The molecule has 0 spiro atoms. The molecular formula is C17H24N2O3. The average Bonchev–Trinajstić information content (AvgIpc) is 2.48. The maximum Gasteiger partial charge on any atom is 0.250 e. The molecule has 1 aromatic rings. The fourth-order valence-corrected chi connectivity index (χ4v) is 2.87. The normalized spacial score (nSPS) is 15.3. The molecule has 0 radical (unpaired) electrons. The van der Waals surface area contributed by atoms with Crippen LogP contribution in [0.25, 0.3) is 0 Å². The largest absolute Gasteiger partial charge is 0.375 e. The van der Waals surface area contributed by atoms with Crippen molar-refractivity contribution in [3.63, 3.8) is 0 Å². The van der Waals surface area contributed by atoms with Crippen LogP contribution in [0.15, 0.2) is 24.3 Å². The number of hydrogen-bond acceptors (Lipinski definition) is 3. The lowest BCUT2D eigenvalue weighted by atomic mass is 9.87. The predicted octanol–water partition coefficient (Wildman–Crippen LogP) is 3.18. The van der Waals surface area contributed by atoms with Crippen molar-refractivity contribution in [2.24, 2.45) is 5.92 Å². The van der Waals surface area contributed by atoms with E-state index >= 15 is 0 Å². The van der Waals surface area contributed by atoms with Crippen molar-refractivity contribution in [1.29, 1.82) is 0 Å². The Balaban J connectivity index is 1.86. The summed E-state index contributed by atoms with van der Waals surface area (Å²) >= 11 is 0. The van der Waals surface area contributed by atoms with Gasteiger partial charge < -0.3 is 15.4 Å². The van der Waals surface area contributed by atoms with Gasteiger partial charge in [0.2, 0.25) is 11.8 Å². The van der Waals surface area contributed by atoms with E-state index in [2.05, 4.69) is 10.6 Å². The maximum absolute atomic E-state index is 12.1. The van der Waals surface area contributed by atoms with Crippen LogP contribution in [0.3, 0.4) is 0 Å². The fraction of sp³-hybridized carbons (Fsp3) is 0.529. The van der Waals surface area contributed by atoms with Crippen LogP contribution in [0.4, 0.5) is 11.4 Å². The molecular weight excluding hydrogens is 280 g/mol. The van der Waals surface area contributed by atoms with Crippen molar-refractivity contribution in [2.45, 2.75) is 38.5 Å². The third kappa shape index (κ3) is 5.48. The molecule has 120 valence electrons. The van der Waals surface area contributed by atoms with Crippen LogP contribution >= 0.6 is 0 Å². The number of ether oxygens (including phenoxy) is 1. The second-order valence-corrected chi connectivity index (χ2v) is 5.82. The molecule has 2 rings (SSSR count). The number of carbonyl (C=O) groups is 2. The lowest BCUT2D eigenvalue weighted by molar-refractivity contribution is -0.119. The molecule has 0 heterocycles. The van der Waals surface area contributed by atoms with Gasteiger partial charge in [-0.05, 0) is 37.0 Å². The Morgan fingerprint density at radius 1 is 1.09 bits per heavy atom. The first-order valence-electron chi connectivity index (χ1n) is 7.86. The van der Waals surface area contributed by atoms with Crippen molar-refractivity contribution in [2.75, 3.05) is 24.4 Å². The number of amides is 2. The predicted molar refractivity (Wildman–Crippen MR) is 86.8 cm³/mol. The molecule has 0 bridgehead atoms. The van der Waals surface area contributed by atoms with E-state index in [-0.39, 0.29) is 18.4 Å². The Labute approximate surface area is 131 Å². The van der Waals surface area contributed by atoms with Crippen molar-refractivity contribution in [3.8, 4) is 0 Å². The van der Waals surface area contributed by atoms with E-state index in [9.17, 15) is 9.59 Å². The third-order valence-electron chi connectivity index (χ3n) is 3.90. The molecule has 0 saturated heterocycles. The van der Waals surface area contributed by atoms with Crippen molar-refractivity contribution in [1.82, 2.24) is 0 Å².